The third-order valence-electron chi connectivity index (χ3n) is 8.76. The fourth-order valence-electron chi connectivity index (χ4n) is 6.25. The molecule has 6 nitrogen and oxygen atoms in total. The second-order valence-electron chi connectivity index (χ2n) is 11.5. The van der Waals surface area contributed by atoms with Crippen LogP contribution in [0, 0.1) is 11.7 Å². The van der Waals surface area contributed by atoms with E-state index in [0.717, 1.165) is 64.6 Å². The van der Waals surface area contributed by atoms with Crippen molar-refractivity contribution in [1.29, 1.82) is 0 Å². The van der Waals surface area contributed by atoms with Crippen molar-refractivity contribution in [3.8, 4) is 0 Å². The number of hydrogen-bond donors (Lipinski definition) is 1. The number of anilines is 2. The van der Waals surface area contributed by atoms with Crippen LogP contribution in [0.4, 0.5) is 20.6 Å². The molecule has 0 atom stereocenters. The van der Waals surface area contributed by atoms with E-state index in [1.54, 1.807) is 6.07 Å². The van der Waals surface area contributed by atoms with Gasteiger partial charge in [0.25, 0.3) is 0 Å². The number of nitrogens with zero attached hydrogens (tertiary/aromatic N) is 3. The van der Waals surface area contributed by atoms with Gasteiger partial charge in [-0.3, -0.25) is 9.80 Å². The Morgan fingerprint density at radius 1 is 0.949 bits per heavy atom. The average molecular weight is 537 g/mol. The molecule has 2 aliphatic heterocycles. The van der Waals surface area contributed by atoms with Crippen LogP contribution in [0.2, 0.25) is 0 Å². The number of carbonyl (C=O) groups is 1. The van der Waals surface area contributed by atoms with E-state index in [2.05, 4.69) is 41.4 Å². The van der Waals surface area contributed by atoms with Crippen molar-refractivity contribution >= 4 is 17.4 Å². The minimum absolute atomic E-state index is 0.0844. The van der Waals surface area contributed by atoms with Crippen LogP contribution in [-0.4, -0.2) is 62.9 Å². The Morgan fingerprint density at radius 2 is 1.64 bits per heavy atom. The molecule has 1 N–H and O–H groups in total. The minimum atomic E-state index is -0.270. The molecule has 7 heteroatoms. The van der Waals surface area contributed by atoms with Crippen molar-refractivity contribution in [3.63, 3.8) is 0 Å². The Bertz CT molecular complexity index is 1060. The van der Waals surface area contributed by atoms with Crippen LogP contribution in [-0.2, 0) is 17.7 Å². The van der Waals surface area contributed by atoms with Crippen molar-refractivity contribution in [2.75, 3.05) is 55.7 Å². The number of halogens is 1. The summed E-state index contributed by atoms with van der Waals surface area (Å²) in [6, 6.07) is 14.4. The Balaban J connectivity index is 1.24. The molecule has 212 valence electrons. The average Bonchev–Trinajstić information content (AvgIpc) is 2.98. The van der Waals surface area contributed by atoms with Gasteiger partial charge in [0.2, 0.25) is 0 Å². The molecule has 0 unspecified atom stereocenters. The molecule has 5 rings (SSSR count). The van der Waals surface area contributed by atoms with E-state index in [-0.39, 0.29) is 17.9 Å². The molecule has 2 heterocycles. The van der Waals surface area contributed by atoms with Crippen LogP contribution < -0.4 is 15.1 Å². The van der Waals surface area contributed by atoms with Gasteiger partial charge in [0.15, 0.2) is 0 Å². The minimum Gasteiger partial charge on any atom is -0.378 e. The molecule has 0 radical (unpaired) electrons. The number of piperidine rings is 1. The summed E-state index contributed by atoms with van der Waals surface area (Å²) in [6.07, 6.45) is 8.76. The molecule has 39 heavy (non-hydrogen) atoms. The van der Waals surface area contributed by atoms with E-state index in [4.69, 9.17) is 4.74 Å². The molecule has 1 aliphatic carbocycles. The van der Waals surface area contributed by atoms with Crippen molar-refractivity contribution in [3.05, 3.63) is 59.4 Å². The smallest absolute Gasteiger partial charge is 0.322 e. The monoisotopic (exact) mass is 536 g/mol. The fraction of sp³-hybridized carbons (Fsp3) is 0.594. The van der Waals surface area contributed by atoms with Gasteiger partial charge >= 0.3 is 6.03 Å². The summed E-state index contributed by atoms with van der Waals surface area (Å²) in [4.78, 5) is 19.9. The Labute approximate surface area is 233 Å². The third-order valence-corrected chi connectivity index (χ3v) is 8.76. The molecule has 0 bridgehead atoms. The van der Waals surface area contributed by atoms with E-state index < -0.39 is 0 Å². The normalized spacial score (nSPS) is 19.7. The first-order chi connectivity index (χ1) is 19.1. The second-order valence-corrected chi connectivity index (χ2v) is 11.5. The predicted octanol–water partition coefficient (Wildman–Crippen LogP) is 5.99. The van der Waals surface area contributed by atoms with Gasteiger partial charge in [0.05, 0.1) is 18.9 Å². The van der Waals surface area contributed by atoms with Gasteiger partial charge in [-0.05, 0) is 80.4 Å². The molecule has 0 aromatic heterocycles. The number of rotatable bonds is 8. The van der Waals surface area contributed by atoms with Gasteiger partial charge in [-0.1, -0.05) is 50.5 Å². The molecule has 2 saturated heterocycles. The van der Waals surface area contributed by atoms with Gasteiger partial charge in [0.1, 0.15) is 5.82 Å². The molecular weight excluding hydrogens is 491 g/mol. The summed E-state index contributed by atoms with van der Waals surface area (Å²) in [5, 5.41) is 3.28. The van der Waals surface area contributed by atoms with Crippen LogP contribution in [0.15, 0.2) is 42.5 Å². The topological polar surface area (TPSA) is 48.0 Å². The maximum absolute atomic E-state index is 15.4. The maximum atomic E-state index is 15.4. The maximum Gasteiger partial charge on any atom is 0.322 e. The fourth-order valence-corrected chi connectivity index (χ4v) is 6.25. The second kappa shape index (κ2) is 13.6. The molecule has 2 aromatic rings. The Hall–Kier alpha value is -2.64. The zero-order valence-corrected chi connectivity index (χ0v) is 23.5. The quantitative estimate of drug-likeness (QED) is 0.451. The number of ether oxygens (including phenoxy) is 1. The van der Waals surface area contributed by atoms with E-state index in [9.17, 15) is 4.79 Å². The zero-order valence-electron chi connectivity index (χ0n) is 23.5. The Morgan fingerprint density at radius 3 is 2.31 bits per heavy atom. The van der Waals surface area contributed by atoms with Gasteiger partial charge in [-0.2, -0.15) is 0 Å². The summed E-state index contributed by atoms with van der Waals surface area (Å²) >= 11 is 0. The summed E-state index contributed by atoms with van der Waals surface area (Å²) in [6.45, 7) is 8.40. The molecule has 2 aromatic carbocycles. The number of benzene rings is 2. The van der Waals surface area contributed by atoms with Gasteiger partial charge in [-0.25, -0.2) is 9.18 Å². The van der Waals surface area contributed by atoms with Crippen molar-refractivity contribution in [2.24, 2.45) is 5.92 Å². The van der Waals surface area contributed by atoms with Gasteiger partial charge < -0.3 is 15.0 Å². The van der Waals surface area contributed by atoms with Crippen LogP contribution >= 0.6 is 0 Å². The van der Waals surface area contributed by atoms with E-state index in [1.165, 1.54) is 17.5 Å². The van der Waals surface area contributed by atoms with Crippen LogP contribution in [0.5, 0.6) is 0 Å². The standard InChI is InChI=1S/C32H45FN4O2/c1-2-25-8-10-26(11-9-25)23-35-16-14-27(15-17-35)24-37(32(38)34-28-6-4-3-5-7-28)29-12-13-31(30(33)22-29)36-18-20-39-21-19-36/h8-13,22,27-28H,2-7,14-21,23-24H2,1H3,(H,34,38). The first kappa shape index (κ1) is 27.9. The number of aryl methyl sites for hydroxylation is 1. The number of amides is 2. The summed E-state index contributed by atoms with van der Waals surface area (Å²) in [5.74, 6) is 0.122. The van der Waals surface area contributed by atoms with E-state index in [0.29, 0.717) is 50.1 Å². The lowest BCUT2D eigenvalue weighted by Gasteiger charge is -2.36. The largest absolute Gasteiger partial charge is 0.378 e. The lowest BCUT2D eigenvalue weighted by Crippen LogP contribution is -2.48. The SMILES string of the molecule is CCc1ccc(CN2CCC(CN(C(=O)NC3CCCCC3)c3ccc(N4CCOCC4)c(F)c3)CC2)cc1. The Kier molecular flexibility index (Phi) is 9.75. The highest BCUT2D eigenvalue weighted by molar-refractivity contribution is 5.92. The van der Waals surface area contributed by atoms with E-state index >= 15 is 4.39 Å². The number of likely N-dealkylation sites (tertiary alicyclic amines) is 1. The predicted molar refractivity (Wildman–Crippen MR) is 156 cm³/mol. The highest BCUT2D eigenvalue weighted by Gasteiger charge is 2.27. The lowest BCUT2D eigenvalue weighted by atomic mass is 9.95. The number of carbonyl (C=O) groups excluding carboxylic acids is 1. The number of nitrogens with one attached hydrogen (secondary N) is 1. The van der Waals surface area contributed by atoms with Crippen molar-refractivity contribution in [1.82, 2.24) is 10.2 Å². The number of hydrogen-bond acceptors (Lipinski definition) is 4. The van der Waals surface area contributed by atoms with Gasteiger partial charge in [-0.15, -0.1) is 0 Å². The summed E-state index contributed by atoms with van der Waals surface area (Å²) < 4.78 is 20.8. The zero-order chi connectivity index (χ0) is 27.0. The molecular formula is C32H45FN4O2. The van der Waals surface area contributed by atoms with Crippen molar-refractivity contribution in [2.45, 2.75) is 70.9 Å². The first-order valence-corrected chi connectivity index (χ1v) is 15.1. The first-order valence-electron chi connectivity index (χ1n) is 15.1. The molecule has 2 amide bonds. The van der Waals surface area contributed by atoms with Crippen LogP contribution in [0.25, 0.3) is 0 Å². The van der Waals surface area contributed by atoms with Crippen LogP contribution in [0.1, 0.15) is 63.0 Å². The van der Waals surface area contributed by atoms with Crippen molar-refractivity contribution < 1.29 is 13.9 Å². The molecule has 0 spiro atoms. The lowest BCUT2D eigenvalue weighted by molar-refractivity contribution is 0.122. The molecule has 3 fully saturated rings. The van der Waals surface area contributed by atoms with Crippen LogP contribution in [0.3, 0.4) is 0 Å². The summed E-state index contributed by atoms with van der Waals surface area (Å²) in [5.41, 5.74) is 3.97. The third kappa shape index (κ3) is 7.52. The van der Waals surface area contributed by atoms with Gasteiger partial charge in [0, 0.05) is 37.9 Å². The highest BCUT2D eigenvalue weighted by atomic mass is 19.1. The molecule has 3 aliphatic rings. The summed E-state index contributed by atoms with van der Waals surface area (Å²) in [7, 11) is 0. The van der Waals surface area contributed by atoms with E-state index in [1.807, 2.05) is 21.9 Å². The molecule has 1 saturated carbocycles. The number of urea groups is 1. The highest BCUT2D eigenvalue weighted by Crippen LogP contribution is 2.29. The number of morpholine rings is 1.